The Morgan fingerprint density at radius 2 is 1.95 bits per heavy atom. The Labute approximate surface area is 226 Å². The van der Waals surface area contributed by atoms with Gasteiger partial charge in [-0.05, 0) is 50.8 Å². The molecule has 38 heavy (non-hydrogen) atoms. The molecule has 0 aliphatic carbocycles. The summed E-state index contributed by atoms with van der Waals surface area (Å²) in [5.41, 5.74) is 9.49. The molecule has 0 fully saturated rings. The lowest BCUT2D eigenvalue weighted by atomic mass is 10.0. The van der Waals surface area contributed by atoms with E-state index >= 15 is 0 Å². The van der Waals surface area contributed by atoms with E-state index in [-0.39, 0.29) is 30.9 Å². The van der Waals surface area contributed by atoms with Gasteiger partial charge in [0, 0.05) is 30.9 Å². The highest BCUT2D eigenvalue weighted by Crippen LogP contribution is 2.21. The molecule has 1 amide bonds. The molecular formula is C28H44N6O4. The van der Waals surface area contributed by atoms with E-state index in [9.17, 15) is 14.7 Å². The molecule has 0 aliphatic heterocycles. The molecule has 210 valence electrons. The van der Waals surface area contributed by atoms with Gasteiger partial charge in [0.25, 0.3) is 0 Å². The quantitative estimate of drug-likeness (QED) is 0.180. The van der Waals surface area contributed by atoms with Crippen LogP contribution >= 0.6 is 0 Å². The molecule has 10 nitrogen and oxygen atoms in total. The second-order valence-corrected chi connectivity index (χ2v) is 9.53. The molecule has 1 atom stereocenters. The smallest absolute Gasteiger partial charge is 0.309 e. The lowest BCUT2D eigenvalue weighted by Crippen LogP contribution is -2.46. The first kappa shape index (κ1) is 31.0. The highest BCUT2D eigenvalue weighted by atomic mass is 16.5. The Morgan fingerprint density at radius 1 is 1.18 bits per heavy atom. The van der Waals surface area contributed by atoms with Gasteiger partial charge in [-0.2, -0.15) is 4.98 Å². The first-order valence-electron chi connectivity index (χ1n) is 13.4. The maximum absolute atomic E-state index is 13.2. The summed E-state index contributed by atoms with van der Waals surface area (Å²) in [4.78, 5) is 35.4. The van der Waals surface area contributed by atoms with E-state index in [2.05, 4.69) is 27.5 Å². The standard InChI is InChI=1S/C28H44N6O4/c1-5-6-7-14-30-26-23(20(2)32-28(29)33-26)12-9-13-24(34(3)15-16-35)27(37)31-19-22-11-8-10-21(17-22)18-25(36)38-4/h8,10-11,17,24,35H,5-7,9,12-16,18-19H2,1-4H3,(H,31,37)(H3,29,30,32,33). The molecule has 2 rings (SSSR count). The van der Waals surface area contributed by atoms with Crippen molar-refractivity contribution in [2.24, 2.45) is 0 Å². The predicted octanol–water partition coefficient (Wildman–Crippen LogP) is 2.62. The number of amides is 1. The molecule has 1 heterocycles. The van der Waals surface area contributed by atoms with Crippen LogP contribution in [0.15, 0.2) is 24.3 Å². The van der Waals surface area contributed by atoms with Crippen LogP contribution in [-0.4, -0.2) is 71.7 Å². The van der Waals surface area contributed by atoms with Crippen LogP contribution in [0.4, 0.5) is 11.8 Å². The van der Waals surface area contributed by atoms with E-state index in [1.165, 1.54) is 7.11 Å². The first-order chi connectivity index (χ1) is 18.3. The minimum absolute atomic E-state index is 0.0351. The van der Waals surface area contributed by atoms with Crippen LogP contribution in [0.3, 0.4) is 0 Å². The van der Waals surface area contributed by atoms with Gasteiger partial charge in [0.05, 0.1) is 26.2 Å². The zero-order chi connectivity index (χ0) is 27.9. The number of aliphatic hydroxyl groups excluding tert-OH is 1. The molecular weight excluding hydrogens is 484 g/mol. The number of nitrogens with two attached hydrogens (primary N) is 1. The maximum atomic E-state index is 13.2. The Hall–Kier alpha value is -3.24. The van der Waals surface area contributed by atoms with Gasteiger partial charge in [0.15, 0.2) is 0 Å². The molecule has 0 bridgehead atoms. The second kappa shape index (κ2) is 16.6. The van der Waals surface area contributed by atoms with E-state index in [0.29, 0.717) is 25.9 Å². The van der Waals surface area contributed by atoms with Gasteiger partial charge in [-0.25, -0.2) is 4.98 Å². The number of hydrogen-bond donors (Lipinski definition) is 4. The van der Waals surface area contributed by atoms with E-state index in [4.69, 9.17) is 10.5 Å². The van der Waals surface area contributed by atoms with Gasteiger partial charge >= 0.3 is 5.97 Å². The Balaban J connectivity index is 2.03. The van der Waals surface area contributed by atoms with Gasteiger partial charge in [-0.15, -0.1) is 0 Å². The number of nitrogens with zero attached hydrogens (tertiary/aromatic N) is 3. The molecule has 0 saturated heterocycles. The Morgan fingerprint density at radius 3 is 2.66 bits per heavy atom. The molecule has 1 aromatic carbocycles. The summed E-state index contributed by atoms with van der Waals surface area (Å²) < 4.78 is 4.74. The SMILES string of the molecule is CCCCCNc1nc(N)nc(C)c1CCCC(C(=O)NCc1cccc(CC(=O)OC)c1)N(C)CCO. The van der Waals surface area contributed by atoms with Crippen molar-refractivity contribution in [2.45, 2.75) is 71.4 Å². The zero-order valence-electron chi connectivity index (χ0n) is 23.3. The maximum Gasteiger partial charge on any atom is 0.309 e. The summed E-state index contributed by atoms with van der Waals surface area (Å²) in [6.45, 7) is 5.62. The summed E-state index contributed by atoms with van der Waals surface area (Å²) in [5.74, 6) is 0.600. The van der Waals surface area contributed by atoms with Crippen molar-refractivity contribution in [3.05, 3.63) is 46.6 Å². The topological polar surface area (TPSA) is 143 Å². The average Bonchev–Trinajstić information content (AvgIpc) is 2.89. The number of hydrogen-bond acceptors (Lipinski definition) is 9. The molecule has 1 aromatic heterocycles. The van der Waals surface area contributed by atoms with Crippen molar-refractivity contribution in [3.8, 4) is 0 Å². The number of unbranched alkanes of at least 4 members (excludes halogenated alkanes) is 2. The van der Waals surface area contributed by atoms with Crippen LogP contribution in [0.25, 0.3) is 0 Å². The molecule has 0 spiro atoms. The van der Waals surface area contributed by atoms with E-state index in [0.717, 1.165) is 60.4 Å². The summed E-state index contributed by atoms with van der Waals surface area (Å²) in [7, 11) is 3.21. The van der Waals surface area contributed by atoms with Crippen molar-refractivity contribution >= 4 is 23.6 Å². The molecule has 0 saturated carbocycles. The number of methoxy groups -OCH3 is 1. The van der Waals surface area contributed by atoms with Crippen LogP contribution in [-0.2, 0) is 33.7 Å². The van der Waals surface area contributed by atoms with Crippen molar-refractivity contribution in [3.63, 3.8) is 0 Å². The number of carbonyl (C=O) groups excluding carboxylic acids is 2. The third-order valence-electron chi connectivity index (χ3n) is 6.53. The van der Waals surface area contributed by atoms with Crippen LogP contribution in [0.1, 0.15) is 61.4 Å². The van der Waals surface area contributed by atoms with E-state index in [1.807, 2.05) is 43.1 Å². The fourth-order valence-electron chi connectivity index (χ4n) is 4.38. The highest BCUT2D eigenvalue weighted by molar-refractivity contribution is 5.81. The van der Waals surface area contributed by atoms with Gasteiger partial charge in [0.2, 0.25) is 11.9 Å². The molecule has 10 heteroatoms. The number of aliphatic hydroxyl groups is 1. The number of aryl methyl sites for hydroxylation is 1. The summed E-state index contributed by atoms with van der Waals surface area (Å²) >= 11 is 0. The van der Waals surface area contributed by atoms with Gasteiger partial charge < -0.3 is 26.2 Å². The Kier molecular flexibility index (Phi) is 13.5. The van der Waals surface area contributed by atoms with Gasteiger partial charge in [-0.3, -0.25) is 14.5 Å². The number of ether oxygens (including phenoxy) is 1. The number of nitrogen functional groups attached to an aromatic ring is 1. The fourth-order valence-corrected chi connectivity index (χ4v) is 4.38. The van der Waals surface area contributed by atoms with Gasteiger partial charge in [0.1, 0.15) is 5.82 Å². The summed E-state index contributed by atoms with van der Waals surface area (Å²) in [5, 5.41) is 15.9. The largest absolute Gasteiger partial charge is 0.469 e. The van der Waals surface area contributed by atoms with E-state index < -0.39 is 6.04 Å². The number of likely N-dealkylation sites (N-methyl/N-ethyl adjacent to an activating group) is 1. The lowest BCUT2D eigenvalue weighted by Gasteiger charge is -2.27. The number of benzene rings is 1. The molecule has 2 aromatic rings. The minimum atomic E-state index is -0.406. The number of rotatable bonds is 17. The van der Waals surface area contributed by atoms with Crippen LogP contribution in [0, 0.1) is 6.92 Å². The first-order valence-corrected chi connectivity index (χ1v) is 13.4. The summed E-state index contributed by atoms with van der Waals surface area (Å²) in [6, 6.07) is 7.11. The Bertz CT molecular complexity index is 1030. The highest BCUT2D eigenvalue weighted by Gasteiger charge is 2.23. The number of aromatic nitrogens is 2. The van der Waals surface area contributed by atoms with Crippen molar-refractivity contribution in [1.82, 2.24) is 20.2 Å². The monoisotopic (exact) mass is 528 g/mol. The van der Waals surface area contributed by atoms with Crippen molar-refractivity contribution in [1.29, 1.82) is 0 Å². The fraction of sp³-hybridized carbons (Fsp3) is 0.571. The third-order valence-corrected chi connectivity index (χ3v) is 6.53. The van der Waals surface area contributed by atoms with E-state index in [1.54, 1.807) is 0 Å². The van der Waals surface area contributed by atoms with Crippen LogP contribution in [0.2, 0.25) is 0 Å². The molecule has 0 radical (unpaired) electrons. The second-order valence-electron chi connectivity index (χ2n) is 9.53. The zero-order valence-corrected chi connectivity index (χ0v) is 23.3. The number of esters is 1. The molecule has 1 unspecified atom stereocenters. The lowest BCUT2D eigenvalue weighted by molar-refractivity contribution is -0.139. The normalized spacial score (nSPS) is 11.8. The van der Waals surface area contributed by atoms with Crippen LogP contribution in [0.5, 0.6) is 0 Å². The van der Waals surface area contributed by atoms with Crippen molar-refractivity contribution < 1.29 is 19.4 Å². The molecule has 0 aliphatic rings. The number of anilines is 2. The number of nitrogens with one attached hydrogen (secondary N) is 2. The summed E-state index contributed by atoms with van der Waals surface area (Å²) in [6.07, 6.45) is 5.57. The van der Waals surface area contributed by atoms with Crippen LogP contribution < -0.4 is 16.4 Å². The average molecular weight is 529 g/mol. The third kappa shape index (κ3) is 10.3. The number of carbonyl (C=O) groups is 2. The molecule has 5 N–H and O–H groups in total. The predicted molar refractivity (Wildman–Crippen MR) is 150 cm³/mol. The van der Waals surface area contributed by atoms with Crippen molar-refractivity contribution in [2.75, 3.05) is 44.9 Å². The minimum Gasteiger partial charge on any atom is -0.469 e. The van der Waals surface area contributed by atoms with Gasteiger partial charge in [-0.1, -0.05) is 44.0 Å².